The number of likely N-dealkylation sites (tertiary alicyclic amines) is 1. The third kappa shape index (κ3) is 2.25. The van der Waals surface area contributed by atoms with Gasteiger partial charge in [-0.2, -0.15) is 0 Å². The van der Waals surface area contributed by atoms with Crippen molar-refractivity contribution in [3.05, 3.63) is 62.6 Å². The maximum absolute atomic E-state index is 12.4. The van der Waals surface area contributed by atoms with Crippen LogP contribution in [0.15, 0.2) is 29.1 Å². The molecule has 3 aliphatic rings. The second-order valence-electron chi connectivity index (χ2n) is 9.09. The molecule has 5 rings (SSSR count). The van der Waals surface area contributed by atoms with Crippen LogP contribution in [0.3, 0.4) is 0 Å². The first-order chi connectivity index (χ1) is 13.7. The van der Waals surface area contributed by atoms with Gasteiger partial charge in [0.25, 0.3) is 11.5 Å². The molecule has 2 aliphatic carbocycles. The first-order valence-corrected chi connectivity index (χ1v) is 9.94. The number of phenols is 1. The molecule has 1 amide bonds. The number of H-pyrrole nitrogens is 1. The summed E-state index contributed by atoms with van der Waals surface area (Å²) in [5.41, 5.74) is 6.51. The molecule has 0 radical (unpaired) electrons. The number of carbonyl (C=O) groups excluding carboxylic acids is 1. The Kier molecular flexibility index (Phi) is 3.62. The lowest BCUT2D eigenvalue weighted by Gasteiger charge is -2.53. The molecule has 2 aromatic rings. The van der Waals surface area contributed by atoms with E-state index in [1.807, 2.05) is 20.0 Å². The van der Waals surface area contributed by atoms with Gasteiger partial charge in [0.05, 0.1) is 5.60 Å². The molecule has 7 heteroatoms. The summed E-state index contributed by atoms with van der Waals surface area (Å²) in [7, 11) is 2.02. The number of amides is 1. The van der Waals surface area contributed by atoms with E-state index in [9.17, 15) is 19.8 Å². The summed E-state index contributed by atoms with van der Waals surface area (Å²) in [4.78, 5) is 29.1. The number of rotatable bonds is 2. The Morgan fingerprint density at radius 2 is 2.07 bits per heavy atom. The number of benzene rings is 1. The van der Waals surface area contributed by atoms with Gasteiger partial charge in [0.15, 0.2) is 0 Å². The third-order valence-electron chi connectivity index (χ3n) is 7.53. The number of hydrogen-bond donors (Lipinski definition) is 4. The number of primary amides is 1. The monoisotopic (exact) mass is 395 g/mol. The number of nitrogens with zero attached hydrogens (tertiary/aromatic N) is 1. The molecular weight excluding hydrogens is 370 g/mol. The lowest BCUT2D eigenvalue weighted by molar-refractivity contribution is -0.108. The van der Waals surface area contributed by atoms with Gasteiger partial charge >= 0.3 is 0 Å². The first-order valence-electron chi connectivity index (χ1n) is 9.94. The Hall–Kier alpha value is -2.64. The zero-order chi connectivity index (χ0) is 20.7. The number of aliphatic hydroxyl groups is 1. The number of carbonyl (C=O) groups is 1. The second-order valence-corrected chi connectivity index (χ2v) is 9.09. The standard InChI is InChI=1S/C22H25N3O4/c1-11-3-4-14(26)6-16(11)21-7-13-10-25(2)18(13)22(21,29)8-12-5-15(19(23)27)20(28)24-17(12)9-21/h3-6,13,18,26,29H,7-10H2,1-2H3,(H2,23,27)(H,24,28)/t13-,18+,21+,22+/m0/s1. The van der Waals surface area contributed by atoms with Crippen LogP contribution in [0.2, 0.25) is 0 Å². The molecule has 29 heavy (non-hydrogen) atoms. The Labute approximate surface area is 168 Å². The van der Waals surface area contributed by atoms with Crippen molar-refractivity contribution in [3.8, 4) is 5.75 Å². The minimum atomic E-state index is -1.08. The summed E-state index contributed by atoms with van der Waals surface area (Å²) in [6.07, 6.45) is 1.54. The molecule has 0 bridgehead atoms. The van der Waals surface area contributed by atoms with Gasteiger partial charge < -0.3 is 20.9 Å². The fraction of sp³-hybridized carbons (Fsp3) is 0.455. The zero-order valence-electron chi connectivity index (χ0n) is 16.5. The number of fused-ring (bicyclic) bond motifs is 4. The molecule has 152 valence electrons. The normalized spacial score (nSPS) is 32.8. The minimum Gasteiger partial charge on any atom is -0.508 e. The molecule has 2 fully saturated rings. The predicted molar refractivity (Wildman–Crippen MR) is 107 cm³/mol. The number of aromatic amines is 1. The van der Waals surface area contributed by atoms with Gasteiger partial charge in [-0.05, 0) is 61.2 Å². The molecule has 5 N–H and O–H groups in total. The molecule has 7 nitrogen and oxygen atoms in total. The van der Waals surface area contributed by atoms with Crippen LogP contribution in [0.25, 0.3) is 0 Å². The molecule has 1 aromatic heterocycles. The Balaban J connectivity index is 1.75. The molecule has 0 unspecified atom stereocenters. The van der Waals surface area contributed by atoms with Crippen LogP contribution in [-0.2, 0) is 18.3 Å². The highest BCUT2D eigenvalue weighted by Gasteiger charge is 2.69. The summed E-state index contributed by atoms with van der Waals surface area (Å²) in [5, 5.41) is 22.4. The highest BCUT2D eigenvalue weighted by molar-refractivity contribution is 5.92. The molecule has 1 saturated carbocycles. The fourth-order valence-electron chi connectivity index (χ4n) is 6.41. The number of likely N-dealkylation sites (N-methyl/N-ethyl adjacent to an activating group) is 1. The Bertz CT molecular complexity index is 1110. The van der Waals surface area contributed by atoms with Crippen LogP contribution in [0.4, 0.5) is 0 Å². The Morgan fingerprint density at radius 3 is 2.76 bits per heavy atom. The van der Waals surface area contributed by atoms with E-state index in [0.29, 0.717) is 18.8 Å². The van der Waals surface area contributed by atoms with Crippen molar-refractivity contribution in [1.29, 1.82) is 0 Å². The van der Waals surface area contributed by atoms with Crippen LogP contribution in [0.5, 0.6) is 5.75 Å². The van der Waals surface area contributed by atoms with E-state index in [4.69, 9.17) is 5.73 Å². The highest BCUT2D eigenvalue weighted by Crippen LogP contribution is 2.61. The van der Waals surface area contributed by atoms with Crippen LogP contribution in [0, 0.1) is 12.8 Å². The number of nitrogens with two attached hydrogens (primary N) is 1. The maximum Gasteiger partial charge on any atom is 0.261 e. The van der Waals surface area contributed by atoms with E-state index in [1.165, 1.54) is 0 Å². The largest absolute Gasteiger partial charge is 0.508 e. The van der Waals surface area contributed by atoms with Crippen molar-refractivity contribution >= 4 is 5.91 Å². The molecule has 1 aromatic carbocycles. The van der Waals surface area contributed by atoms with Gasteiger partial charge in [-0.25, -0.2) is 0 Å². The summed E-state index contributed by atoms with van der Waals surface area (Å²) in [5.74, 6) is -0.270. The van der Waals surface area contributed by atoms with Crippen molar-refractivity contribution in [2.24, 2.45) is 11.7 Å². The van der Waals surface area contributed by atoms with Crippen molar-refractivity contribution in [2.75, 3.05) is 13.6 Å². The van der Waals surface area contributed by atoms with Crippen molar-refractivity contribution in [3.63, 3.8) is 0 Å². The number of aromatic nitrogens is 1. The van der Waals surface area contributed by atoms with Crippen molar-refractivity contribution in [1.82, 2.24) is 9.88 Å². The van der Waals surface area contributed by atoms with E-state index < -0.39 is 22.5 Å². The highest BCUT2D eigenvalue weighted by atomic mass is 16.3. The predicted octanol–water partition coefficient (Wildman–Crippen LogP) is 0.589. The molecule has 0 spiro atoms. The smallest absolute Gasteiger partial charge is 0.261 e. The van der Waals surface area contributed by atoms with E-state index in [-0.39, 0.29) is 17.4 Å². The van der Waals surface area contributed by atoms with Gasteiger partial charge in [-0.3, -0.25) is 14.5 Å². The van der Waals surface area contributed by atoms with Gasteiger partial charge in [0, 0.05) is 36.5 Å². The molecule has 2 heterocycles. The van der Waals surface area contributed by atoms with E-state index in [0.717, 1.165) is 35.3 Å². The van der Waals surface area contributed by atoms with Gasteiger partial charge in [0.2, 0.25) is 0 Å². The number of phenolic OH excluding ortho intramolecular Hbond substituents is 1. The lowest BCUT2D eigenvalue weighted by atomic mass is 9.59. The molecule has 1 saturated heterocycles. The summed E-state index contributed by atoms with van der Waals surface area (Å²) in [6.45, 7) is 2.90. The van der Waals surface area contributed by atoms with E-state index in [1.54, 1.807) is 18.2 Å². The topological polar surface area (TPSA) is 120 Å². The lowest BCUT2D eigenvalue weighted by Crippen LogP contribution is -2.67. The first kappa shape index (κ1) is 18.4. The van der Waals surface area contributed by atoms with Crippen LogP contribution in [-0.4, -0.2) is 51.2 Å². The summed E-state index contributed by atoms with van der Waals surface area (Å²) in [6, 6.07) is 6.81. The van der Waals surface area contributed by atoms with E-state index >= 15 is 0 Å². The van der Waals surface area contributed by atoms with Crippen LogP contribution in [0.1, 0.15) is 39.2 Å². The second kappa shape index (κ2) is 5.70. The quantitative estimate of drug-likeness (QED) is 0.593. The number of nitrogens with one attached hydrogen (secondary N) is 1. The minimum absolute atomic E-state index is 0.0126. The third-order valence-corrected chi connectivity index (χ3v) is 7.53. The summed E-state index contributed by atoms with van der Waals surface area (Å²) < 4.78 is 0. The zero-order valence-corrected chi connectivity index (χ0v) is 16.5. The fourth-order valence-corrected chi connectivity index (χ4v) is 6.41. The number of aryl methyl sites for hydroxylation is 1. The van der Waals surface area contributed by atoms with Gasteiger partial charge in [-0.15, -0.1) is 0 Å². The number of pyridine rings is 1. The molecule has 4 atom stereocenters. The average molecular weight is 395 g/mol. The number of hydrogen-bond acceptors (Lipinski definition) is 5. The molecular formula is C22H25N3O4. The van der Waals surface area contributed by atoms with Crippen LogP contribution >= 0.6 is 0 Å². The van der Waals surface area contributed by atoms with Crippen molar-refractivity contribution in [2.45, 2.75) is 43.2 Å². The van der Waals surface area contributed by atoms with Gasteiger partial charge in [-0.1, -0.05) is 6.07 Å². The number of aromatic hydroxyl groups is 1. The van der Waals surface area contributed by atoms with Gasteiger partial charge in [0.1, 0.15) is 11.3 Å². The SMILES string of the molecule is Cc1ccc(O)cc1[C@@]12Cc3[nH]c(=O)c(C(N)=O)cc3C[C@@]1(O)[C@H]1[C@H](CN1C)C2. The van der Waals surface area contributed by atoms with Crippen molar-refractivity contribution < 1.29 is 15.0 Å². The Morgan fingerprint density at radius 1 is 1.31 bits per heavy atom. The molecule has 1 aliphatic heterocycles. The van der Waals surface area contributed by atoms with E-state index in [2.05, 4.69) is 9.88 Å². The maximum atomic E-state index is 12.4. The van der Waals surface area contributed by atoms with Crippen LogP contribution < -0.4 is 11.3 Å². The average Bonchev–Trinajstić information content (AvgIpc) is 2.83. The summed E-state index contributed by atoms with van der Waals surface area (Å²) >= 11 is 0.